The predicted molar refractivity (Wildman–Crippen MR) is 63.0 cm³/mol. The van der Waals surface area contributed by atoms with E-state index in [0.29, 0.717) is 0 Å². The van der Waals surface area contributed by atoms with E-state index in [0.717, 1.165) is 12.4 Å². The molecule has 0 bridgehead atoms. The Labute approximate surface area is 88.1 Å². The van der Waals surface area contributed by atoms with Crippen molar-refractivity contribution in [3.8, 4) is 0 Å². The molecule has 0 saturated carbocycles. The molecule has 2 aromatic rings. The lowest BCUT2D eigenvalue weighted by atomic mass is 10.2. The Morgan fingerprint density at radius 1 is 1.36 bits per heavy atom. The first-order chi connectivity index (χ1) is 6.92. The molecule has 0 spiro atoms. The number of hydrogen-bond donors (Lipinski definition) is 1. The van der Waals surface area contributed by atoms with Gasteiger partial charge >= 0.3 is 0 Å². The SMILES string of the molecule is CCCCNc1nsc2ccccc12. The number of rotatable bonds is 4. The standard InChI is InChI=1S/C11H14N2S/c1-2-3-8-12-11-9-6-4-5-7-10(9)14-13-11/h4-7H,2-3,8H2,1H3,(H,12,13). The number of aromatic nitrogens is 1. The molecule has 0 aliphatic heterocycles. The van der Waals surface area contributed by atoms with Crippen molar-refractivity contribution < 1.29 is 0 Å². The van der Waals surface area contributed by atoms with Gasteiger partial charge in [-0.05, 0) is 30.1 Å². The Hall–Kier alpha value is -1.09. The van der Waals surface area contributed by atoms with Gasteiger partial charge in [0.15, 0.2) is 0 Å². The molecule has 1 N–H and O–H groups in total. The van der Waals surface area contributed by atoms with Crippen LogP contribution in [-0.4, -0.2) is 10.9 Å². The summed E-state index contributed by atoms with van der Waals surface area (Å²) in [6.07, 6.45) is 2.42. The highest BCUT2D eigenvalue weighted by molar-refractivity contribution is 7.13. The van der Waals surface area contributed by atoms with Crippen LogP contribution in [0.25, 0.3) is 10.1 Å². The summed E-state index contributed by atoms with van der Waals surface area (Å²) in [4.78, 5) is 0. The van der Waals surface area contributed by atoms with Gasteiger partial charge in [0.05, 0.1) is 4.70 Å². The maximum atomic E-state index is 4.40. The highest BCUT2D eigenvalue weighted by Crippen LogP contribution is 2.25. The van der Waals surface area contributed by atoms with Gasteiger partial charge in [-0.25, -0.2) is 0 Å². The fourth-order valence-corrected chi connectivity index (χ4v) is 2.15. The molecule has 3 heteroatoms. The molecule has 0 aliphatic rings. The third-order valence-corrected chi connectivity index (χ3v) is 3.03. The van der Waals surface area contributed by atoms with E-state index in [1.807, 2.05) is 0 Å². The van der Waals surface area contributed by atoms with Gasteiger partial charge in [-0.1, -0.05) is 25.5 Å². The van der Waals surface area contributed by atoms with Crippen molar-refractivity contribution in [2.75, 3.05) is 11.9 Å². The smallest absolute Gasteiger partial charge is 0.147 e. The van der Waals surface area contributed by atoms with Crippen molar-refractivity contribution in [3.63, 3.8) is 0 Å². The lowest BCUT2D eigenvalue weighted by Gasteiger charge is -2.01. The van der Waals surface area contributed by atoms with E-state index in [-0.39, 0.29) is 0 Å². The fraction of sp³-hybridized carbons (Fsp3) is 0.364. The normalized spacial score (nSPS) is 10.6. The summed E-state index contributed by atoms with van der Waals surface area (Å²) in [7, 11) is 0. The molecular formula is C11H14N2S. The monoisotopic (exact) mass is 206 g/mol. The first-order valence-electron chi connectivity index (χ1n) is 5.00. The van der Waals surface area contributed by atoms with Crippen molar-refractivity contribution in [2.45, 2.75) is 19.8 Å². The number of anilines is 1. The van der Waals surface area contributed by atoms with E-state index in [9.17, 15) is 0 Å². The summed E-state index contributed by atoms with van der Waals surface area (Å²) in [5.74, 6) is 1.04. The van der Waals surface area contributed by atoms with Gasteiger partial charge in [0.25, 0.3) is 0 Å². The van der Waals surface area contributed by atoms with Gasteiger partial charge in [-0.3, -0.25) is 0 Å². The van der Waals surface area contributed by atoms with E-state index in [1.165, 1.54) is 22.9 Å². The van der Waals surface area contributed by atoms with E-state index in [1.54, 1.807) is 11.5 Å². The van der Waals surface area contributed by atoms with Crippen LogP contribution in [0.1, 0.15) is 19.8 Å². The van der Waals surface area contributed by atoms with Gasteiger partial charge in [-0.2, -0.15) is 4.37 Å². The van der Waals surface area contributed by atoms with Crippen molar-refractivity contribution in [1.82, 2.24) is 4.37 Å². The van der Waals surface area contributed by atoms with Gasteiger partial charge in [0.2, 0.25) is 0 Å². The summed E-state index contributed by atoms with van der Waals surface area (Å²) >= 11 is 1.56. The van der Waals surface area contributed by atoms with Crippen LogP contribution in [0.15, 0.2) is 24.3 Å². The van der Waals surface area contributed by atoms with E-state index in [2.05, 4.69) is 40.9 Å². The molecule has 1 aromatic heterocycles. The highest BCUT2D eigenvalue weighted by Gasteiger charge is 2.02. The minimum absolute atomic E-state index is 1.02. The van der Waals surface area contributed by atoms with Gasteiger partial charge in [-0.15, -0.1) is 0 Å². The van der Waals surface area contributed by atoms with E-state index < -0.39 is 0 Å². The Morgan fingerprint density at radius 2 is 2.21 bits per heavy atom. The quantitative estimate of drug-likeness (QED) is 0.774. The molecule has 0 aliphatic carbocycles. The lowest BCUT2D eigenvalue weighted by molar-refractivity contribution is 0.833. The molecule has 2 nitrogen and oxygen atoms in total. The number of nitrogens with one attached hydrogen (secondary N) is 1. The zero-order valence-electron chi connectivity index (χ0n) is 8.29. The van der Waals surface area contributed by atoms with Crippen LogP contribution in [0.4, 0.5) is 5.82 Å². The average molecular weight is 206 g/mol. The Bertz CT molecular complexity index is 408. The predicted octanol–water partition coefficient (Wildman–Crippen LogP) is 3.51. The van der Waals surface area contributed by atoms with Crippen LogP contribution in [0, 0.1) is 0 Å². The maximum absolute atomic E-state index is 4.40. The van der Waals surface area contributed by atoms with Crippen molar-refractivity contribution in [3.05, 3.63) is 24.3 Å². The minimum Gasteiger partial charge on any atom is -0.369 e. The second-order valence-corrected chi connectivity index (χ2v) is 4.11. The molecule has 0 atom stereocenters. The minimum atomic E-state index is 1.02. The Morgan fingerprint density at radius 3 is 3.07 bits per heavy atom. The third-order valence-electron chi connectivity index (χ3n) is 2.20. The number of benzene rings is 1. The largest absolute Gasteiger partial charge is 0.369 e. The molecular weight excluding hydrogens is 192 g/mol. The summed E-state index contributed by atoms with van der Waals surface area (Å²) in [5, 5.41) is 4.61. The highest BCUT2D eigenvalue weighted by atomic mass is 32.1. The van der Waals surface area contributed by atoms with Crippen LogP contribution in [-0.2, 0) is 0 Å². The Kier molecular flexibility index (Phi) is 2.99. The zero-order chi connectivity index (χ0) is 9.80. The van der Waals surface area contributed by atoms with Crippen LogP contribution >= 0.6 is 11.5 Å². The van der Waals surface area contributed by atoms with Crippen molar-refractivity contribution >= 4 is 27.4 Å². The number of unbranched alkanes of at least 4 members (excludes halogenated alkanes) is 1. The van der Waals surface area contributed by atoms with Crippen LogP contribution in [0.5, 0.6) is 0 Å². The lowest BCUT2D eigenvalue weighted by Crippen LogP contribution is -2.00. The summed E-state index contributed by atoms with van der Waals surface area (Å²) in [6, 6.07) is 8.34. The number of hydrogen-bond acceptors (Lipinski definition) is 3. The summed E-state index contributed by atoms with van der Waals surface area (Å²) in [5.41, 5.74) is 0. The second kappa shape index (κ2) is 4.42. The number of nitrogens with zero attached hydrogens (tertiary/aromatic N) is 1. The number of fused-ring (bicyclic) bond motifs is 1. The molecule has 2 rings (SSSR count). The first kappa shape index (κ1) is 9.46. The van der Waals surface area contributed by atoms with Crippen molar-refractivity contribution in [1.29, 1.82) is 0 Å². The van der Waals surface area contributed by atoms with E-state index >= 15 is 0 Å². The van der Waals surface area contributed by atoms with Gasteiger partial charge in [0, 0.05) is 11.9 Å². The van der Waals surface area contributed by atoms with Crippen LogP contribution in [0.2, 0.25) is 0 Å². The van der Waals surface area contributed by atoms with E-state index in [4.69, 9.17) is 0 Å². The average Bonchev–Trinajstić information content (AvgIpc) is 2.63. The first-order valence-corrected chi connectivity index (χ1v) is 5.77. The third kappa shape index (κ3) is 1.87. The molecule has 0 amide bonds. The molecule has 1 aromatic carbocycles. The van der Waals surface area contributed by atoms with Crippen LogP contribution in [0.3, 0.4) is 0 Å². The molecule has 14 heavy (non-hydrogen) atoms. The van der Waals surface area contributed by atoms with Crippen LogP contribution < -0.4 is 5.32 Å². The molecule has 0 fully saturated rings. The fourth-order valence-electron chi connectivity index (χ4n) is 1.40. The maximum Gasteiger partial charge on any atom is 0.147 e. The molecule has 1 heterocycles. The van der Waals surface area contributed by atoms with Gasteiger partial charge in [0.1, 0.15) is 5.82 Å². The zero-order valence-corrected chi connectivity index (χ0v) is 9.10. The molecule has 0 radical (unpaired) electrons. The molecule has 74 valence electrons. The Balaban J connectivity index is 2.17. The van der Waals surface area contributed by atoms with Crippen molar-refractivity contribution in [2.24, 2.45) is 0 Å². The molecule has 0 unspecified atom stereocenters. The summed E-state index contributed by atoms with van der Waals surface area (Å²) in [6.45, 7) is 3.21. The van der Waals surface area contributed by atoms with Gasteiger partial charge < -0.3 is 5.32 Å². The topological polar surface area (TPSA) is 24.9 Å². The molecule has 0 saturated heterocycles. The summed E-state index contributed by atoms with van der Waals surface area (Å²) < 4.78 is 5.65. The second-order valence-electron chi connectivity index (χ2n) is 3.31.